The van der Waals surface area contributed by atoms with Gasteiger partial charge in [0.15, 0.2) is 0 Å². The Hall–Kier alpha value is -4.67. The van der Waals surface area contributed by atoms with E-state index in [9.17, 15) is 32.0 Å². The van der Waals surface area contributed by atoms with Gasteiger partial charge < -0.3 is 34.5 Å². The van der Waals surface area contributed by atoms with Crippen molar-refractivity contribution in [3.63, 3.8) is 0 Å². The van der Waals surface area contributed by atoms with Gasteiger partial charge in [-0.25, -0.2) is 17.6 Å². The van der Waals surface area contributed by atoms with Crippen molar-refractivity contribution < 1.29 is 50.9 Å². The number of carbonyl (C=O) groups is 4. The van der Waals surface area contributed by atoms with Crippen molar-refractivity contribution in [2.45, 2.75) is 114 Å². The molecule has 2 aliphatic heterocycles. The number of alkyl halides is 1. The van der Waals surface area contributed by atoms with E-state index in [2.05, 4.69) is 20.3 Å². The molecule has 4 aliphatic rings. The number of rotatable bonds is 9. The van der Waals surface area contributed by atoms with Gasteiger partial charge in [-0.3, -0.25) is 19.1 Å². The maximum absolute atomic E-state index is 14.8. The predicted molar refractivity (Wildman–Crippen MR) is 208 cm³/mol. The number of hydrogen-bond acceptors (Lipinski definition) is 11. The monoisotopic (exact) mass is 815 g/mol. The molecule has 3 fully saturated rings. The Balaban J connectivity index is 1.37. The van der Waals surface area contributed by atoms with E-state index >= 15 is 0 Å². The van der Waals surface area contributed by atoms with Gasteiger partial charge >= 0.3 is 6.09 Å². The molecular formula is C40H54FN5O10S. The second kappa shape index (κ2) is 15.9. The molecule has 6 rings (SSSR count). The third kappa shape index (κ3) is 8.92. The third-order valence-corrected chi connectivity index (χ3v) is 13.5. The highest BCUT2D eigenvalue weighted by Gasteiger charge is 2.64. The molecule has 17 heteroatoms. The van der Waals surface area contributed by atoms with E-state index < -0.39 is 86.4 Å². The fourth-order valence-electron chi connectivity index (χ4n) is 7.85. The van der Waals surface area contributed by atoms with Gasteiger partial charge in [-0.05, 0) is 94.7 Å². The Labute approximate surface area is 332 Å². The highest BCUT2D eigenvalue weighted by molar-refractivity contribution is 7.91. The first-order valence-corrected chi connectivity index (χ1v) is 20.9. The van der Waals surface area contributed by atoms with Gasteiger partial charge in [0.1, 0.15) is 46.5 Å². The number of allylic oxidation sites excluding steroid dienone is 1. The van der Waals surface area contributed by atoms with Gasteiger partial charge in [-0.1, -0.05) is 26.0 Å². The zero-order valence-electron chi connectivity index (χ0n) is 33.6. The number of methoxy groups -OCH3 is 2. The summed E-state index contributed by atoms with van der Waals surface area (Å²) in [5.74, 6) is -2.04. The number of alkyl carbamates (subject to hydrolysis) is 1. The first kappa shape index (κ1) is 41.9. The fraction of sp³-hybridized carbons (Fsp3) is 0.625. The lowest BCUT2D eigenvalue weighted by molar-refractivity contribution is -0.142. The maximum atomic E-state index is 14.8. The molecular weight excluding hydrogens is 762 g/mol. The number of amides is 4. The maximum Gasteiger partial charge on any atom is 0.408 e. The smallest absolute Gasteiger partial charge is 0.408 e. The van der Waals surface area contributed by atoms with Crippen molar-refractivity contribution in [2.24, 2.45) is 17.8 Å². The topological polar surface area (TPSA) is 192 Å². The number of nitrogens with one attached hydrogen (secondary N) is 3. The van der Waals surface area contributed by atoms with Gasteiger partial charge in [0.05, 0.1) is 20.8 Å². The SMILES string of the molecule is COc1ccc2c(O[C@@H]3C[C@H]4C(=O)N[C@]5(C(=O)NS(=O)(=O)C6(CF)CC6)C[C@@H]5/C=C\CC[C@@H](C)C[C@@H](C)[C@H](NC(=O)OC(C)(C)C)C(=O)N4C3)nc(OC)cc2c1. The van der Waals surface area contributed by atoms with Gasteiger partial charge in [0, 0.05) is 23.8 Å². The lowest BCUT2D eigenvalue weighted by Gasteiger charge is -2.33. The van der Waals surface area contributed by atoms with Crippen molar-refractivity contribution in [1.82, 2.24) is 25.2 Å². The molecule has 3 N–H and O–H groups in total. The Bertz CT molecular complexity index is 2030. The van der Waals surface area contributed by atoms with E-state index in [4.69, 9.17) is 18.9 Å². The number of nitrogens with zero attached hydrogens (tertiary/aromatic N) is 2. The quantitative estimate of drug-likeness (QED) is 0.306. The van der Waals surface area contributed by atoms with Crippen molar-refractivity contribution in [2.75, 3.05) is 27.4 Å². The number of benzene rings is 1. The zero-order valence-corrected chi connectivity index (χ0v) is 34.4. The fourth-order valence-corrected chi connectivity index (χ4v) is 9.27. The van der Waals surface area contributed by atoms with Crippen LogP contribution in [-0.4, -0.2) is 104 Å². The molecule has 0 bridgehead atoms. The summed E-state index contributed by atoms with van der Waals surface area (Å²) in [4.78, 5) is 62.4. The molecule has 1 aromatic carbocycles. The van der Waals surface area contributed by atoms with Gasteiger partial charge in [-0.15, -0.1) is 0 Å². The summed E-state index contributed by atoms with van der Waals surface area (Å²) in [6.45, 7) is 7.81. The van der Waals surface area contributed by atoms with E-state index in [1.165, 1.54) is 12.0 Å². The summed E-state index contributed by atoms with van der Waals surface area (Å²) in [6, 6.07) is 4.71. The number of ether oxygens (including phenoxy) is 4. The molecule has 2 aliphatic carbocycles. The highest BCUT2D eigenvalue weighted by Crippen LogP contribution is 2.48. The van der Waals surface area contributed by atoms with Crippen LogP contribution in [0.4, 0.5) is 9.18 Å². The number of aromatic nitrogens is 1. The summed E-state index contributed by atoms with van der Waals surface area (Å²) in [5.41, 5.74) is -2.52. The summed E-state index contributed by atoms with van der Waals surface area (Å²) in [5, 5.41) is 6.93. The molecule has 1 aromatic heterocycles. The molecule has 4 amide bonds. The summed E-state index contributed by atoms with van der Waals surface area (Å²) in [7, 11) is -1.38. The lowest BCUT2D eigenvalue weighted by atomic mass is 9.88. The molecule has 3 heterocycles. The van der Waals surface area contributed by atoms with Crippen LogP contribution in [0.3, 0.4) is 0 Å². The van der Waals surface area contributed by atoms with Crippen LogP contribution in [0.15, 0.2) is 36.4 Å². The Kier molecular flexibility index (Phi) is 11.7. The molecule has 312 valence electrons. The minimum absolute atomic E-state index is 0.0421. The van der Waals surface area contributed by atoms with Crippen LogP contribution in [0, 0.1) is 17.8 Å². The molecule has 57 heavy (non-hydrogen) atoms. The number of fused-ring (bicyclic) bond motifs is 3. The summed E-state index contributed by atoms with van der Waals surface area (Å²) in [6.07, 6.45) is 4.20. The van der Waals surface area contributed by atoms with E-state index in [1.807, 2.05) is 19.9 Å². The number of halogens is 1. The normalized spacial score (nSPS) is 29.4. The minimum Gasteiger partial charge on any atom is -0.497 e. The van der Waals surface area contributed by atoms with E-state index in [0.29, 0.717) is 29.4 Å². The number of hydrogen-bond donors (Lipinski definition) is 3. The number of pyridine rings is 1. The molecule has 0 radical (unpaired) electrons. The zero-order chi connectivity index (χ0) is 41.5. The Morgan fingerprint density at radius 2 is 1.82 bits per heavy atom. The van der Waals surface area contributed by atoms with Crippen LogP contribution in [0.25, 0.3) is 10.8 Å². The summed E-state index contributed by atoms with van der Waals surface area (Å²) >= 11 is 0. The largest absolute Gasteiger partial charge is 0.497 e. The molecule has 15 nitrogen and oxygen atoms in total. The first-order valence-electron chi connectivity index (χ1n) is 19.4. The second-order valence-corrected chi connectivity index (χ2v) is 19.1. The van der Waals surface area contributed by atoms with Gasteiger partial charge in [-0.2, -0.15) is 4.98 Å². The average molecular weight is 816 g/mol. The Morgan fingerprint density at radius 3 is 2.47 bits per heavy atom. The Morgan fingerprint density at radius 1 is 1.09 bits per heavy atom. The van der Waals surface area contributed by atoms with Crippen molar-refractivity contribution in [3.05, 3.63) is 36.4 Å². The molecule has 7 atom stereocenters. The van der Waals surface area contributed by atoms with Crippen molar-refractivity contribution in [3.8, 4) is 17.5 Å². The van der Waals surface area contributed by atoms with Crippen LogP contribution in [0.1, 0.15) is 79.6 Å². The van der Waals surface area contributed by atoms with Crippen LogP contribution in [-0.2, 0) is 29.1 Å². The van der Waals surface area contributed by atoms with E-state index in [0.717, 1.165) is 6.42 Å². The van der Waals surface area contributed by atoms with Crippen LogP contribution < -0.4 is 29.6 Å². The molecule has 0 spiro atoms. The standard InChI is InChI=1S/C40H54FN5O10S/c1-23-10-8-9-11-26-20-40(26,36(49)45-57(51,52)39(22-41)14-15-39)44-33(47)30-19-28(55-34-29-13-12-27(53-6)17-25(29)18-31(42-34)54-7)21-46(30)35(48)32(24(2)16-23)43-37(50)56-38(3,4)5/h9,11-13,17-18,23-24,26,28,30,32H,8,10,14-16,19-22H2,1-7H3,(H,43,50)(H,44,47)(H,45,49)/b11-9-/t23-,24-,26+,28-,30+,32+,40-/m1/s1. The lowest BCUT2D eigenvalue weighted by Crippen LogP contribution is -2.59. The van der Waals surface area contributed by atoms with Crippen LogP contribution in [0.5, 0.6) is 17.5 Å². The van der Waals surface area contributed by atoms with Gasteiger partial charge in [0.2, 0.25) is 33.6 Å². The third-order valence-electron chi connectivity index (χ3n) is 11.4. The number of carbonyl (C=O) groups excluding carboxylic acids is 4. The van der Waals surface area contributed by atoms with E-state index in [1.54, 1.807) is 58.2 Å². The first-order chi connectivity index (χ1) is 26.8. The second-order valence-electron chi connectivity index (χ2n) is 17.0. The van der Waals surface area contributed by atoms with Crippen molar-refractivity contribution in [1.29, 1.82) is 0 Å². The number of sulfonamides is 1. The molecule has 2 saturated carbocycles. The predicted octanol–water partition coefficient (Wildman–Crippen LogP) is 4.33. The van der Waals surface area contributed by atoms with E-state index in [-0.39, 0.29) is 49.9 Å². The molecule has 0 unspecified atom stereocenters. The highest BCUT2D eigenvalue weighted by atomic mass is 32.2. The molecule has 2 aromatic rings. The average Bonchev–Trinajstić information content (AvgIpc) is 4.05. The molecule has 1 saturated heterocycles. The van der Waals surface area contributed by atoms with Gasteiger partial charge in [0.25, 0.3) is 5.91 Å². The summed E-state index contributed by atoms with van der Waals surface area (Å²) < 4.78 is 63.6. The van der Waals surface area contributed by atoms with Crippen LogP contribution >= 0.6 is 0 Å². The van der Waals surface area contributed by atoms with Crippen LogP contribution in [0.2, 0.25) is 0 Å². The van der Waals surface area contributed by atoms with Crippen molar-refractivity contribution >= 4 is 44.6 Å². The minimum atomic E-state index is -4.40.